The third-order valence-electron chi connectivity index (χ3n) is 3.39. The number of hydrogen-bond donors (Lipinski definition) is 1. The predicted molar refractivity (Wildman–Crippen MR) is 91.9 cm³/mol. The van der Waals surface area contributed by atoms with Crippen molar-refractivity contribution in [3.8, 4) is 0 Å². The maximum absolute atomic E-state index is 11.9. The van der Waals surface area contributed by atoms with Gasteiger partial charge in [-0.2, -0.15) is 0 Å². The van der Waals surface area contributed by atoms with E-state index in [4.69, 9.17) is 23.2 Å². The van der Waals surface area contributed by atoms with Gasteiger partial charge in [0.1, 0.15) is 0 Å². The van der Waals surface area contributed by atoms with Crippen molar-refractivity contribution in [1.82, 2.24) is 0 Å². The lowest BCUT2D eigenvalue weighted by Crippen LogP contribution is -2.25. The molecule has 0 saturated carbocycles. The van der Waals surface area contributed by atoms with Crippen molar-refractivity contribution in [2.45, 2.75) is 26.7 Å². The minimum atomic E-state index is -1.10. The lowest BCUT2D eigenvalue weighted by Gasteiger charge is -2.25. The maximum atomic E-state index is 11.9. The number of carboxylic acid groups (broad SMARTS) is 1. The highest BCUT2D eigenvalue weighted by molar-refractivity contribution is 6.36. The minimum absolute atomic E-state index is 0.176. The fraction of sp³-hybridized carbons (Fsp3) is 0.235. The topological polar surface area (TPSA) is 40.5 Å². The predicted octanol–water partition coefficient (Wildman–Crippen LogP) is 6.24. The largest absolute Gasteiger partial charge is 0.464 e. The van der Waals surface area contributed by atoms with Crippen LogP contribution in [0.2, 0.25) is 10.0 Å². The zero-order chi connectivity index (χ0) is 16.4. The molecule has 2 aromatic rings. The van der Waals surface area contributed by atoms with Crippen molar-refractivity contribution in [3.05, 3.63) is 57.6 Å². The molecule has 3 nitrogen and oxygen atoms in total. The van der Waals surface area contributed by atoms with Crippen LogP contribution in [0.25, 0.3) is 0 Å². The zero-order valence-electron chi connectivity index (χ0n) is 12.6. The van der Waals surface area contributed by atoms with Gasteiger partial charge in [-0.05, 0) is 48.2 Å². The molecule has 1 N–H and O–H groups in total. The van der Waals surface area contributed by atoms with Gasteiger partial charge >= 0.3 is 6.09 Å². The van der Waals surface area contributed by atoms with E-state index in [2.05, 4.69) is 0 Å². The summed E-state index contributed by atoms with van der Waals surface area (Å²) in [6, 6.07) is 10.6. The summed E-state index contributed by atoms with van der Waals surface area (Å²) >= 11 is 12.2. The number of carbonyl (C=O) groups is 1. The van der Waals surface area contributed by atoms with E-state index in [0.29, 0.717) is 21.4 Å². The van der Waals surface area contributed by atoms with Gasteiger partial charge in [0.25, 0.3) is 0 Å². The Morgan fingerprint density at radius 3 is 2.36 bits per heavy atom. The Bertz CT molecular complexity index is 714. The van der Waals surface area contributed by atoms with Crippen LogP contribution in [0.4, 0.5) is 16.2 Å². The molecule has 0 bridgehead atoms. The summed E-state index contributed by atoms with van der Waals surface area (Å²) in [4.78, 5) is 13.1. The standard InChI is InChI=1S/C17H17Cl2NO2/c1-10(2)13-6-4-11(3)8-15(13)20(17(21)22)16-9-12(18)5-7-14(16)19/h4-10H,1-3H3,(H,21,22). The van der Waals surface area contributed by atoms with E-state index in [-0.39, 0.29) is 5.92 Å². The molecule has 0 aliphatic heterocycles. The number of anilines is 2. The Balaban J connectivity index is 2.70. The number of aryl methyl sites for hydroxylation is 1. The van der Waals surface area contributed by atoms with Crippen molar-refractivity contribution in [1.29, 1.82) is 0 Å². The quantitative estimate of drug-likeness (QED) is 0.719. The summed E-state index contributed by atoms with van der Waals surface area (Å²) in [6.45, 7) is 5.97. The Morgan fingerprint density at radius 2 is 1.77 bits per heavy atom. The van der Waals surface area contributed by atoms with Crippen LogP contribution in [0.1, 0.15) is 30.9 Å². The third kappa shape index (κ3) is 3.37. The third-order valence-corrected chi connectivity index (χ3v) is 3.94. The highest BCUT2D eigenvalue weighted by atomic mass is 35.5. The van der Waals surface area contributed by atoms with Gasteiger partial charge in [-0.25, -0.2) is 9.69 Å². The summed E-state index contributed by atoms with van der Waals surface area (Å²) in [6.07, 6.45) is -1.10. The Morgan fingerprint density at radius 1 is 1.09 bits per heavy atom. The SMILES string of the molecule is Cc1ccc(C(C)C)c(N(C(=O)O)c2cc(Cl)ccc2Cl)c1. The Kier molecular flexibility index (Phi) is 4.99. The fourth-order valence-corrected chi connectivity index (χ4v) is 2.70. The molecule has 0 aliphatic rings. The maximum Gasteiger partial charge on any atom is 0.416 e. The van der Waals surface area contributed by atoms with Crippen LogP contribution in [0.15, 0.2) is 36.4 Å². The number of hydrogen-bond acceptors (Lipinski definition) is 1. The number of rotatable bonds is 3. The van der Waals surface area contributed by atoms with E-state index < -0.39 is 6.09 Å². The van der Waals surface area contributed by atoms with Crippen LogP contribution in [0.5, 0.6) is 0 Å². The van der Waals surface area contributed by atoms with Crippen molar-refractivity contribution in [2.24, 2.45) is 0 Å². The van der Waals surface area contributed by atoms with Crippen LogP contribution >= 0.6 is 23.2 Å². The fourth-order valence-electron chi connectivity index (χ4n) is 2.33. The van der Waals surface area contributed by atoms with Crippen molar-refractivity contribution >= 4 is 40.7 Å². The molecule has 0 radical (unpaired) electrons. The number of amides is 1. The normalized spacial score (nSPS) is 10.8. The molecule has 22 heavy (non-hydrogen) atoms. The van der Waals surface area contributed by atoms with Crippen LogP contribution < -0.4 is 4.90 Å². The first-order valence-corrected chi connectivity index (χ1v) is 7.65. The van der Waals surface area contributed by atoms with Crippen LogP contribution in [-0.2, 0) is 0 Å². The summed E-state index contributed by atoms with van der Waals surface area (Å²) in [5.74, 6) is 0.176. The molecular weight excluding hydrogens is 321 g/mol. The number of nitrogens with zero attached hydrogens (tertiary/aromatic N) is 1. The zero-order valence-corrected chi connectivity index (χ0v) is 14.1. The van der Waals surface area contributed by atoms with E-state index in [9.17, 15) is 9.90 Å². The Hall–Kier alpha value is -1.71. The van der Waals surface area contributed by atoms with Gasteiger partial charge in [-0.15, -0.1) is 0 Å². The molecule has 0 unspecified atom stereocenters. The smallest absolute Gasteiger partial charge is 0.416 e. The average Bonchev–Trinajstić information content (AvgIpc) is 2.42. The van der Waals surface area contributed by atoms with Gasteiger partial charge in [0.05, 0.1) is 16.4 Å². The molecule has 116 valence electrons. The second kappa shape index (κ2) is 6.59. The van der Waals surface area contributed by atoms with E-state index in [1.807, 2.05) is 39.0 Å². The first kappa shape index (κ1) is 16.7. The van der Waals surface area contributed by atoms with E-state index >= 15 is 0 Å². The lowest BCUT2D eigenvalue weighted by atomic mass is 9.98. The molecule has 0 heterocycles. The highest BCUT2D eigenvalue weighted by Gasteiger charge is 2.23. The average molecular weight is 338 g/mol. The molecule has 0 spiro atoms. The van der Waals surface area contributed by atoms with Gasteiger partial charge in [0.2, 0.25) is 0 Å². The molecule has 1 amide bonds. The van der Waals surface area contributed by atoms with Gasteiger partial charge in [-0.3, -0.25) is 0 Å². The highest BCUT2D eigenvalue weighted by Crippen LogP contribution is 2.38. The first-order chi connectivity index (χ1) is 10.3. The number of benzene rings is 2. The van der Waals surface area contributed by atoms with E-state index in [0.717, 1.165) is 11.1 Å². The van der Waals surface area contributed by atoms with Crippen LogP contribution in [0, 0.1) is 6.92 Å². The first-order valence-electron chi connectivity index (χ1n) is 6.90. The van der Waals surface area contributed by atoms with Gasteiger partial charge < -0.3 is 5.11 Å². The van der Waals surface area contributed by atoms with Crippen molar-refractivity contribution in [3.63, 3.8) is 0 Å². The van der Waals surface area contributed by atoms with Crippen molar-refractivity contribution < 1.29 is 9.90 Å². The Labute approximate surface area is 140 Å². The number of halogens is 2. The molecular formula is C17H17Cl2NO2. The molecule has 2 rings (SSSR count). The second-order valence-corrected chi connectivity index (χ2v) is 6.27. The van der Waals surface area contributed by atoms with Gasteiger partial charge in [0.15, 0.2) is 0 Å². The molecule has 2 aromatic carbocycles. The second-order valence-electron chi connectivity index (χ2n) is 5.43. The summed E-state index contributed by atoms with van der Waals surface area (Å²) in [5.41, 5.74) is 2.87. The minimum Gasteiger partial charge on any atom is -0.464 e. The summed E-state index contributed by atoms with van der Waals surface area (Å²) < 4.78 is 0. The molecule has 0 fully saturated rings. The van der Waals surface area contributed by atoms with Gasteiger partial charge in [-0.1, -0.05) is 49.2 Å². The molecule has 0 aliphatic carbocycles. The molecule has 5 heteroatoms. The van der Waals surface area contributed by atoms with E-state index in [1.165, 1.54) is 4.90 Å². The van der Waals surface area contributed by atoms with Crippen LogP contribution in [-0.4, -0.2) is 11.2 Å². The summed E-state index contributed by atoms with van der Waals surface area (Å²) in [7, 11) is 0. The van der Waals surface area contributed by atoms with E-state index in [1.54, 1.807) is 18.2 Å². The van der Waals surface area contributed by atoms with Gasteiger partial charge in [0, 0.05) is 5.02 Å². The van der Waals surface area contributed by atoms with Crippen LogP contribution in [0.3, 0.4) is 0 Å². The lowest BCUT2D eigenvalue weighted by molar-refractivity contribution is 0.204. The van der Waals surface area contributed by atoms with Crippen molar-refractivity contribution in [2.75, 3.05) is 4.90 Å². The molecule has 0 aromatic heterocycles. The molecule has 0 saturated heterocycles. The monoisotopic (exact) mass is 337 g/mol. The summed E-state index contributed by atoms with van der Waals surface area (Å²) in [5, 5.41) is 10.5. The molecule has 0 atom stereocenters.